The van der Waals surface area contributed by atoms with Gasteiger partial charge in [-0.3, -0.25) is 9.78 Å². The van der Waals surface area contributed by atoms with E-state index in [1.54, 1.807) is 25.1 Å². The van der Waals surface area contributed by atoms with Gasteiger partial charge in [0, 0.05) is 21.8 Å². The lowest BCUT2D eigenvalue weighted by Gasteiger charge is -2.39. The molecule has 5 nitrogen and oxygen atoms in total. The normalized spacial score (nSPS) is 25.6. The van der Waals surface area contributed by atoms with Gasteiger partial charge in [-0.1, -0.05) is 35.3 Å². The minimum atomic E-state index is -2.38. The summed E-state index contributed by atoms with van der Waals surface area (Å²) in [4.78, 5) is 16.8. The zero-order valence-corrected chi connectivity index (χ0v) is 16.1. The Morgan fingerprint density at radius 1 is 1.37 bits per heavy atom. The Balaban J connectivity index is 1.91. The van der Waals surface area contributed by atoms with E-state index in [1.165, 1.54) is 18.3 Å². The highest BCUT2D eigenvalue weighted by Crippen LogP contribution is 2.45. The van der Waals surface area contributed by atoms with Gasteiger partial charge in [-0.05, 0) is 43.5 Å². The van der Waals surface area contributed by atoms with Crippen LogP contribution in [0.5, 0.6) is 0 Å². The molecule has 3 rings (SSSR count). The molecule has 0 spiro atoms. The molecule has 1 aromatic carbocycles. The van der Waals surface area contributed by atoms with Crippen molar-refractivity contribution in [3.05, 3.63) is 63.4 Å². The molecule has 0 saturated heterocycles. The minimum absolute atomic E-state index is 0.0198. The number of amides is 1. The van der Waals surface area contributed by atoms with Gasteiger partial charge in [-0.2, -0.15) is 0 Å². The summed E-state index contributed by atoms with van der Waals surface area (Å²) in [5.74, 6) is -0.852. The summed E-state index contributed by atoms with van der Waals surface area (Å²) >= 11 is 12.1. The first-order chi connectivity index (χ1) is 12.7. The Morgan fingerprint density at radius 2 is 2.11 bits per heavy atom. The van der Waals surface area contributed by atoms with Gasteiger partial charge < -0.3 is 15.5 Å². The van der Waals surface area contributed by atoms with Gasteiger partial charge in [0.2, 0.25) is 5.67 Å². The van der Waals surface area contributed by atoms with Crippen molar-refractivity contribution in [2.24, 2.45) is 0 Å². The van der Waals surface area contributed by atoms with Crippen LogP contribution in [0.15, 0.2) is 36.5 Å². The van der Waals surface area contributed by atoms with Crippen LogP contribution in [0.2, 0.25) is 10.0 Å². The van der Waals surface area contributed by atoms with Gasteiger partial charge in [-0.15, -0.1) is 0 Å². The van der Waals surface area contributed by atoms with Gasteiger partial charge in [0.15, 0.2) is 0 Å². The monoisotopic (exact) mass is 412 g/mol. The predicted molar refractivity (Wildman–Crippen MR) is 100 cm³/mol. The van der Waals surface area contributed by atoms with Crippen molar-refractivity contribution in [3.63, 3.8) is 0 Å². The van der Waals surface area contributed by atoms with Crippen LogP contribution in [0.4, 0.5) is 4.39 Å². The zero-order valence-electron chi connectivity index (χ0n) is 14.5. The maximum absolute atomic E-state index is 15.8. The fourth-order valence-corrected chi connectivity index (χ4v) is 3.93. The van der Waals surface area contributed by atoms with Crippen LogP contribution in [0.1, 0.15) is 42.6 Å². The number of benzene rings is 1. The largest absolute Gasteiger partial charge is 0.393 e. The molecule has 2 aromatic rings. The van der Waals surface area contributed by atoms with E-state index >= 15 is 4.39 Å². The Labute approximate surface area is 166 Å². The summed E-state index contributed by atoms with van der Waals surface area (Å²) in [7, 11) is 0. The predicted octanol–water partition coefficient (Wildman–Crippen LogP) is 3.40. The number of pyridine rings is 1. The van der Waals surface area contributed by atoms with Crippen molar-refractivity contribution < 1.29 is 19.4 Å². The molecule has 0 fully saturated rings. The van der Waals surface area contributed by atoms with Crippen molar-refractivity contribution >= 4 is 29.1 Å². The van der Waals surface area contributed by atoms with Crippen LogP contribution in [0.25, 0.3) is 0 Å². The van der Waals surface area contributed by atoms with Crippen molar-refractivity contribution in [2.75, 3.05) is 6.61 Å². The number of alkyl halides is 1. The summed E-state index contributed by atoms with van der Waals surface area (Å²) in [5, 5.41) is 23.5. The molecule has 144 valence electrons. The summed E-state index contributed by atoms with van der Waals surface area (Å²) in [5.41, 5.74) is -3.50. The van der Waals surface area contributed by atoms with E-state index in [9.17, 15) is 15.0 Å². The van der Waals surface area contributed by atoms with E-state index in [-0.39, 0.29) is 24.1 Å². The number of hydrogen-bond acceptors (Lipinski definition) is 4. The lowest BCUT2D eigenvalue weighted by Crippen LogP contribution is -2.49. The second-order valence-electron chi connectivity index (χ2n) is 6.75. The second-order valence-corrected chi connectivity index (χ2v) is 7.60. The molecule has 0 aliphatic heterocycles. The highest BCUT2D eigenvalue weighted by molar-refractivity contribution is 6.35. The number of carbonyl (C=O) groups is 1. The molecular formula is C19H19Cl2FN2O3. The van der Waals surface area contributed by atoms with Gasteiger partial charge in [-0.25, -0.2) is 4.39 Å². The number of fused-ring (bicyclic) bond motifs is 1. The molecule has 8 heteroatoms. The number of hydrogen-bond donors (Lipinski definition) is 3. The molecule has 3 atom stereocenters. The maximum Gasteiger partial charge on any atom is 0.262 e. The van der Waals surface area contributed by atoms with E-state index in [2.05, 4.69) is 10.3 Å². The number of aliphatic hydroxyl groups excluding tert-OH is 1. The van der Waals surface area contributed by atoms with Crippen molar-refractivity contribution in [1.29, 1.82) is 0 Å². The Morgan fingerprint density at radius 3 is 2.78 bits per heavy atom. The zero-order chi connectivity index (χ0) is 19.8. The van der Waals surface area contributed by atoms with Crippen LogP contribution in [-0.2, 0) is 16.1 Å². The average molecular weight is 413 g/mol. The first kappa shape index (κ1) is 20.0. The second kappa shape index (κ2) is 7.36. The number of rotatable bonds is 4. The van der Waals surface area contributed by atoms with Gasteiger partial charge in [0.05, 0.1) is 18.3 Å². The fraction of sp³-hybridized carbons (Fsp3) is 0.368. The van der Waals surface area contributed by atoms with E-state index in [0.29, 0.717) is 15.6 Å². The molecule has 1 aliphatic rings. The molecule has 1 heterocycles. The number of nitrogens with zero attached hydrogens (tertiary/aromatic N) is 1. The number of aromatic nitrogens is 1. The van der Waals surface area contributed by atoms with Crippen LogP contribution in [-0.4, -0.2) is 27.7 Å². The summed E-state index contributed by atoms with van der Waals surface area (Å²) in [6, 6.07) is 7.19. The van der Waals surface area contributed by atoms with Crippen molar-refractivity contribution in [2.45, 2.75) is 37.1 Å². The van der Waals surface area contributed by atoms with E-state index < -0.39 is 29.8 Å². The van der Waals surface area contributed by atoms with Gasteiger partial charge >= 0.3 is 0 Å². The van der Waals surface area contributed by atoms with E-state index in [4.69, 9.17) is 23.2 Å². The summed E-state index contributed by atoms with van der Waals surface area (Å²) < 4.78 is 15.8. The third-order valence-corrected chi connectivity index (χ3v) is 5.52. The molecule has 1 amide bonds. The van der Waals surface area contributed by atoms with Gasteiger partial charge in [0.1, 0.15) is 5.60 Å². The Kier molecular flexibility index (Phi) is 5.45. The SMILES string of the molecule is CC(NC(=O)[C@]1(F)CC[C@@](O)(CO)c2ncccc21)c1ccc(Cl)cc1Cl. The number of halogens is 3. The highest BCUT2D eigenvalue weighted by Gasteiger charge is 2.52. The standard InChI is InChI=1S/C19H19Cl2FN2O3/c1-11(13-5-4-12(20)9-15(13)21)24-17(26)19(22)7-6-18(27,10-25)16-14(19)3-2-8-23-16/h2-5,8-9,11,25,27H,6-7,10H2,1H3,(H,24,26)/t11?,18-,19+/m1/s1. The summed E-state index contributed by atoms with van der Waals surface area (Å²) in [6.45, 7) is 1.08. The van der Waals surface area contributed by atoms with Crippen LogP contribution in [0.3, 0.4) is 0 Å². The molecule has 0 radical (unpaired) electrons. The van der Waals surface area contributed by atoms with Gasteiger partial charge in [0.25, 0.3) is 5.91 Å². The molecule has 0 saturated carbocycles. The average Bonchev–Trinajstić information content (AvgIpc) is 2.65. The van der Waals surface area contributed by atoms with Crippen LogP contribution < -0.4 is 5.32 Å². The molecule has 1 aliphatic carbocycles. The molecule has 0 bridgehead atoms. The van der Waals surface area contributed by atoms with Crippen LogP contribution in [0, 0.1) is 0 Å². The first-order valence-electron chi connectivity index (χ1n) is 8.45. The van der Waals surface area contributed by atoms with Crippen molar-refractivity contribution in [1.82, 2.24) is 10.3 Å². The van der Waals surface area contributed by atoms with E-state index in [1.807, 2.05) is 0 Å². The molecule has 1 unspecified atom stereocenters. The Hall–Kier alpha value is -1.73. The topological polar surface area (TPSA) is 82.5 Å². The third kappa shape index (κ3) is 3.55. The highest BCUT2D eigenvalue weighted by atomic mass is 35.5. The number of nitrogens with one attached hydrogen (secondary N) is 1. The summed E-state index contributed by atoms with van der Waals surface area (Å²) in [6.07, 6.45) is 0.975. The molecular weight excluding hydrogens is 394 g/mol. The fourth-order valence-electron chi connectivity index (χ4n) is 3.36. The smallest absolute Gasteiger partial charge is 0.262 e. The van der Waals surface area contributed by atoms with Crippen LogP contribution >= 0.6 is 23.2 Å². The number of carbonyl (C=O) groups excluding carboxylic acids is 1. The van der Waals surface area contributed by atoms with Crippen molar-refractivity contribution in [3.8, 4) is 0 Å². The third-order valence-electron chi connectivity index (χ3n) is 4.96. The molecule has 3 N–H and O–H groups in total. The molecule has 1 aromatic heterocycles. The lowest BCUT2D eigenvalue weighted by molar-refractivity contribution is -0.138. The Bertz CT molecular complexity index is 882. The minimum Gasteiger partial charge on any atom is -0.393 e. The van der Waals surface area contributed by atoms with E-state index in [0.717, 1.165) is 0 Å². The first-order valence-corrected chi connectivity index (χ1v) is 9.21. The maximum atomic E-state index is 15.8. The lowest BCUT2D eigenvalue weighted by atomic mass is 9.74. The quantitative estimate of drug-likeness (QED) is 0.718. The molecule has 27 heavy (non-hydrogen) atoms. The number of aliphatic hydroxyl groups is 2.